The van der Waals surface area contributed by atoms with Crippen LogP contribution < -0.4 is 5.32 Å². The Labute approximate surface area is 111 Å². The molecular formula is C14H27N3O. The van der Waals surface area contributed by atoms with Gasteiger partial charge in [0.15, 0.2) is 0 Å². The van der Waals surface area contributed by atoms with Gasteiger partial charge < -0.3 is 10.1 Å². The van der Waals surface area contributed by atoms with Gasteiger partial charge in [0.05, 0.1) is 13.2 Å². The van der Waals surface area contributed by atoms with Crippen molar-refractivity contribution in [1.29, 1.82) is 0 Å². The summed E-state index contributed by atoms with van der Waals surface area (Å²) in [5.74, 6) is 0. The van der Waals surface area contributed by atoms with E-state index < -0.39 is 0 Å². The molecule has 0 bridgehead atoms. The highest BCUT2D eigenvalue weighted by molar-refractivity contribution is 4.92. The Bertz CT molecular complexity index is 253. The van der Waals surface area contributed by atoms with Gasteiger partial charge in [0.1, 0.15) is 0 Å². The molecule has 1 saturated carbocycles. The Kier molecular flexibility index (Phi) is 4.52. The molecule has 2 unspecified atom stereocenters. The molecule has 3 aliphatic rings. The van der Waals surface area contributed by atoms with E-state index in [1.807, 2.05) is 0 Å². The van der Waals surface area contributed by atoms with Crippen molar-refractivity contribution in [2.75, 3.05) is 52.5 Å². The summed E-state index contributed by atoms with van der Waals surface area (Å²) in [7, 11) is 0. The third-order valence-corrected chi connectivity index (χ3v) is 4.81. The number of hydrogen-bond donors (Lipinski definition) is 1. The summed E-state index contributed by atoms with van der Waals surface area (Å²) in [6.07, 6.45) is 5.64. The first-order valence-corrected chi connectivity index (χ1v) is 7.71. The van der Waals surface area contributed by atoms with E-state index in [2.05, 4.69) is 15.1 Å². The van der Waals surface area contributed by atoms with Crippen molar-refractivity contribution in [2.45, 2.75) is 37.8 Å². The fraction of sp³-hybridized carbons (Fsp3) is 1.00. The molecule has 18 heavy (non-hydrogen) atoms. The van der Waals surface area contributed by atoms with Gasteiger partial charge in [-0.15, -0.1) is 0 Å². The van der Waals surface area contributed by atoms with Gasteiger partial charge in [0.2, 0.25) is 0 Å². The zero-order valence-electron chi connectivity index (χ0n) is 11.4. The molecule has 4 nitrogen and oxygen atoms in total. The van der Waals surface area contributed by atoms with Crippen LogP contribution in [0.2, 0.25) is 0 Å². The van der Waals surface area contributed by atoms with Crippen LogP contribution >= 0.6 is 0 Å². The van der Waals surface area contributed by atoms with Crippen molar-refractivity contribution in [3.8, 4) is 0 Å². The van der Waals surface area contributed by atoms with Crippen molar-refractivity contribution in [3.05, 3.63) is 0 Å². The number of morpholine rings is 1. The number of fused-ring (bicyclic) bond motifs is 1. The summed E-state index contributed by atoms with van der Waals surface area (Å²) >= 11 is 0. The zero-order valence-corrected chi connectivity index (χ0v) is 11.4. The average Bonchev–Trinajstić information content (AvgIpc) is 2.46. The maximum absolute atomic E-state index is 5.41. The highest BCUT2D eigenvalue weighted by Gasteiger charge is 2.32. The van der Waals surface area contributed by atoms with Gasteiger partial charge in [-0.2, -0.15) is 0 Å². The predicted molar refractivity (Wildman–Crippen MR) is 72.9 cm³/mol. The van der Waals surface area contributed by atoms with Gasteiger partial charge in [0.25, 0.3) is 0 Å². The van der Waals surface area contributed by atoms with E-state index in [0.29, 0.717) is 0 Å². The minimum atomic E-state index is 0.775. The van der Waals surface area contributed by atoms with E-state index in [1.165, 1.54) is 51.9 Å². The lowest BCUT2D eigenvalue weighted by molar-refractivity contribution is 0.0227. The topological polar surface area (TPSA) is 27.7 Å². The fourth-order valence-electron chi connectivity index (χ4n) is 3.72. The summed E-state index contributed by atoms with van der Waals surface area (Å²) in [4.78, 5) is 5.30. The van der Waals surface area contributed by atoms with Crippen molar-refractivity contribution >= 4 is 0 Å². The van der Waals surface area contributed by atoms with Crippen LogP contribution in [0.1, 0.15) is 25.7 Å². The minimum Gasteiger partial charge on any atom is -0.379 e. The van der Waals surface area contributed by atoms with Crippen LogP contribution in [-0.2, 0) is 4.74 Å². The quantitative estimate of drug-likeness (QED) is 0.794. The van der Waals surface area contributed by atoms with Crippen molar-refractivity contribution in [1.82, 2.24) is 15.1 Å². The van der Waals surface area contributed by atoms with E-state index in [-0.39, 0.29) is 0 Å². The zero-order chi connectivity index (χ0) is 12.2. The number of ether oxygens (including phenoxy) is 1. The Morgan fingerprint density at radius 2 is 1.83 bits per heavy atom. The molecule has 104 valence electrons. The van der Waals surface area contributed by atoms with Gasteiger partial charge in [-0.3, -0.25) is 9.80 Å². The summed E-state index contributed by atoms with van der Waals surface area (Å²) in [5, 5.41) is 3.71. The second-order valence-electron chi connectivity index (χ2n) is 5.90. The van der Waals surface area contributed by atoms with Crippen LogP contribution in [0.3, 0.4) is 0 Å². The summed E-state index contributed by atoms with van der Waals surface area (Å²) in [6, 6.07) is 1.59. The van der Waals surface area contributed by atoms with Gasteiger partial charge in [-0.1, -0.05) is 12.8 Å². The maximum atomic E-state index is 5.41. The summed E-state index contributed by atoms with van der Waals surface area (Å²) < 4.78 is 5.41. The number of rotatable bonds is 3. The Hall–Kier alpha value is -0.160. The standard InChI is InChI=1S/C14H27N3O/c1-2-4-14-13(3-1)15-5-6-17(14)8-7-16-9-11-18-12-10-16/h13-15H,1-12H2. The SMILES string of the molecule is C1CCC2C(C1)NCCN2CCN1CCOCC1. The highest BCUT2D eigenvalue weighted by Crippen LogP contribution is 2.25. The number of nitrogens with one attached hydrogen (secondary N) is 1. The van der Waals surface area contributed by atoms with E-state index in [9.17, 15) is 0 Å². The maximum Gasteiger partial charge on any atom is 0.0594 e. The Morgan fingerprint density at radius 3 is 2.72 bits per heavy atom. The number of hydrogen-bond acceptors (Lipinski definition) is 4. The van der Waals surface area contributed by atoms with E-state index in [0.717, 1.165) is 38.4 Å². The molecule has 0 spiro atoms. The monoisotopic (exact) mass is 253 g/mol. The third kappa shape index (κ3) is 3.05. The van der Waals surface area contributed by atoms with Crippen LogP contribution in [-0.4, -0.2) is 74.4 Å². The number of nitrogens with zero attached hydrogens (tertiary/aromatic N) is 2. The molecule has 3 rings (SSSR count). The summed E-state index contributed by atoms with van der Waals surface area (Å²) in [5.41, 5.74) is 0. The Morgan fingerprint density at radius 1 is 1.00 bits per heavy atom. The van der Waals surface area contributed by atoms with E-state index >= 15 is 0 Å². The lowest BCUT2D eigenvalue weighted by Crippen LogP contribution is -2.60. The molecule has 2 aliphatic heterocycles. The van der Waals surface area contributed by atoms with Gasteiger partial charge >= 0.3 is 0 Å². The molecule has 3 fully saturated rings. The largest absolute Gasteiger partial charge is 0.379 e. The van der Waals surface area contributed by atoms with Crippen LogP contribution in [0.5, 0.6) is 0 Å². The molecule has 2 atom stereocenters. The second kappa shape index (κ2) is 6.33. The molecule has 2 saturated heterocycles. The average molecular weight is 253 g/mol. The molecule has 1 aliphatic carbocycles. The fourth-order valence-corrected chi connectivity index (χ4v) is 3.72. The first-order valence-electron chi connectivity index (χ1n) is 7.71. The second-order valence-corrected chi connectivity index (χ2v) is 5.90. The molecular weight excluding hydrogens is 226 g/mol. The highest BCUT2D eigenvalue weighted by atomic mass is 16.5. The van der Waals surface area contributed by atoms with Gasteiger partial charge in [-0.25, -0.2) is 0 Å². The van der Waals surface area contributed by atoms with Crippen molar-refractivity contribution in [2.24, 2.45) is 0 Å². The molecule has 0 aromatic heterocycles. The van der Waals surface area contributed by atoms with Crippen LogP contribution in [0.4, 0.5) is 0 Å². The van der Waals surface area contributed by atoms with Crippen LogP contribution in [0.25, 0.3) is 0 Å². The van der Waals surface area contributed by atoms with Crippen molar-refractivity contribution < 1.29 is 4.74 Å². The number of piperazine rings is 1. The molecule has 0 radical (unpaired) electrons. The lowest BCUT2D eigenvalue weighted by atomic mass is 9.87. The molecule has 4 heteroatoms. The minimum absolute atomic E-state index is 0.775. The van der Waals surface area contributed by atoms with E-state index in [1.54, 1.807) is 0 Å². The molecule has 2 heterocycles. The normalized spacial score (nSPS) is 35.3. The smallest absolute Gasteiger partial charge is 0.0594 e. The molecule has 0 aromatic carbocycles. The predicted octanol–water partition coefficient (Wildman–Crippen LogP) is 0.535. The first kappa shape index (κ1) is 12.9. The van der Waals surface area contributed by atoms with Crippen LogP contribution in [0.15, 0.2) is 0 Å². The van der Waals surface area contributed by atoms with Crippen molar-refractivity contribution in [3.63, 3.8) is 0 Å². The Balaban J connectivity index is 1.48. The summed E-state index contributed by atoms with van der Waals surface area (Å²) in [6.45, 7) is 9.01. The molecule has 1 N–H and O–H groups in total. The third-order valence-electron chi connectivity index (χ3n) is 4.81. The lowest BCUT2D eigenvalue weighted by Gasteiger charge is -2.45. The van der Waals surface area contributed by atoms with E-state index in [4.69, 9.17) is 4.74 Å². The van der Waals surface area contributed by atoms with Gasteiger partial charge in [0, 0.05) is 51.4 Å². The molecule has 0 aromatic rings. The van der Waals surface area contributed by atoms with Gasteiger partial charge in [-0.05, 0) is 12.8 Å². The molecule has 0 amide bonds. The van der Waals surface area contributed by atoms with Crippen LogP contribution in [0, 0.1) is 0 Å². The first-order chi connectivity index (χ1) is 8.93.